The van der Waals surface area contributed by atoms with E-state index in [4.69, 9.17) is 9.47 Å². The lowest BCUT2D eigenvalue weighted by Gasteiger charge is -2.08. The fourth-order valence-corrected chi connectivity index (χ4v) is 9.59. The fraction of sp³-hybridized carbons (Fsp3) is 0.934. The lowest BCUT2D eigenvalue weighted by molar-refractivity contribution is -0.146. The van der Waals surface area contributed by atoms with Crippen LogP contribution in [0.15, 0.2) is 12.2 Å². The lowest BCUT2D eigenvalue weighted by atomic mass is 10.0. The molecule has 0 saturated heterocycles. The van der Waals surface area contributed by atoms with Crippen LogP contribution < -0.4 is 0 Å². The van der Waals surface area contributed by atoms with Crippen molar-refractivity contribution in [2.24, 2.45) is 0 Å². The van der Waals surface area contributed by atoms with Crippen molar-refractivity contribution in [1.29, 1.82) is 0 Å². The normalized spacial score (nSPS) is 11.4. The van der Waals surface area contributed by atoms with Gasteiger partial charge < -0.3 is 9.47 Å². The molecule has 0 aliphatic carbocycles. The predicted octanol–water partition coefficient (Wildman–Crippen LogP) is 21.3. The molecule has 0 fully saturated rings. The fourth-order valence-electron chi connectivity index (χ4n) is 9.59. The van der Waals surface area contributed by atoms with Gasteiger partial charge in [-0.2, -0.15) is 0 Å². The van der Waals surface area contributed by atoms with Gasteiger partial charge in [-0.3, -0.25) is 4.79 Å². The minimum absolute atomic E-state index is 0.0716. The molecule has 0 aromatic heterocycles. The molecule has 0 radical (unpaired) electrons. The van der Waals surface area contributed by atoms with Crippen LogP contribution >= 0.6 is 0 Å². The molecule has 386 valence electrons. The number of esters is 2. The van der Waals surface area contributed by atoms with Gasteiger partial charge in [-0.05, 0) is 12.8 Å². The van der Waals surface area contributed by atoms with Crippen molar-refractivity contribution < 1.29 is 19.1 Å². The third kappa shape index (κ3) is 55.2. The summed E-state index contributed by atoms with van der Waals surface area (Å²) in [5.74, 6) is -0.825. The van der Waals surface area contributed by atoms with E-state index in [2.05, 4.69) is 20.4 Å². The third-order valence-corrected chi connectivity index (χ3v) is 14.1. The quantitative estimate of drug-likeness (QED) is 0.0347. The predicted molar refractivity (Wildman–Crippen MR) is 287 cm³/mol. The molecule has 0 aromatic carbocycles. The second-order valence-corrected chi connectivity index (χ2v) is 20.8. The van der Waals surface area contributed by atoms with Gasteiger partial charge in [0.25, 0.3) is 0 Å². The maximum Gasteiger partial charge on any atom is 0.333 e. The summed E-state index contributed by atoms with van der Waals surface area (Å²) in [4.78, 5) is 24.5. The molecule has 0 aliphatic heterocycles. The first-order chi connectivity index (χ1) is 32.1. The van der Waals surface area contributed by atoms with Gasteiger partial charge in [-0.25, -0.2) is 4.79 Å². The molecule has 4 nitrogen and oxygen atoms in total. The monoisotopic (exact) mass is 915 g/mol. The molecule has 0 amide bonds. The Bertz CT molecular complexity index is 944. The van der Waals surface area contributed by atoms with Crippen molar-refractivity contribution >= 4 is 11.9 Å². The molecule has 0 aliphatic rings. The largest absolute Gasteiger partial charge is 0.465 e. The van der Waals surface area contributed by atoms with Crippen molar-refractivity contribution in [2.75, 3.05) is 13.2 Å². The summed E-state index contributed by atoms with van der Waals surface area (Å²) in [6.45, 7) is 9.22. The summed E-state index contributed by atoms with van der Waals surface area (Å²) in [5.41, 5.74) is 0.204. The average Bonchev–Trinajstić information content (AvgIpc) is 3.30. The van der Waals surface area contributed by atoms with Crippen LogP contribution in [0.2, 0.25) is 0 Å². The molecule has 0 bridgehead atoms. The van der Waals surface area contributed by atoms with Crippen LogP contribution in [0.25, 0.3) is 0 Å². The molecule has 0 spiro atoms. The zero-order valence-electron chi connectivity index (χ0n) is 44.7. The molecule has 65 heavy (non-hydrogen) atoms. The van der Waals surface area contributed by atoms with Gasteiger partial charge in [0.2, 0.25) is 0 Å². The SMILES string of the molecule is C=C(CC(=O)OCCCCCCCCCCCCCCCCCCCCCCCCCCCC)C(=O)OCCCCCCCCCCCCCCCCCCCCCCCCCCCC. The summed E-state index contributed by atoms with van der Waals surface area (Å²) in [7, 11) is 0. The van der Waals surface area contributed by atoms with Crippen molar-refractivity contribution in [3.05, 3.63) is 12.2 Å². The van der Waals surface area contributed by atoms with Crippen molar-refractivity contribution in [2.45, 2.75) is 354 Å². The van der Waals surface area contributed by atoms with Gasteiger partial charge in [0.1, 0.15) is 0 Å². The van der Waals surface area contributed by atoms with Gasteiger partial charge in [-0.1, -0.05) is 341 Å². The Balaban J connectivity index is 3.31. The Labute approximate surface area is 408 Å². The second-order valence-electron chi connectivity index (χ2n) is 20.8. The number of rotatable bonds is 57. The van der Waals surface area contributed by atoms with E-state index in [1.807, 2.05) is 0 Å². The maximum atomic E-state index is 12.3. The minimum Gasteiger partial charge on any atom is -0.465 e. The minimum atomic E-state index is -0.457. The van der Waals surface area contributed by atoms with Gasteiger partial charge in [-0.15, -0.1) is 0 Å². The van der Waals surface area contributed by atoms with E-state index in [1.54, 1.807) is 0 Å². The van der Waals surface area contributed by atoms with E-state index >= 15 is 0 Å². The van der Waals surface area contributed by atoms with Gasteiger partial charge >= 0.3 is 11.9 Å². The Kier molecular flexibility index (Phi) is 55.8. The van der Waals surface area contributed by atoms with Crippen LogP contribution in [0.4, 0.5) is 0 Å². The number of unbranched alkanes of at least 4 members (excludes halogenated alkanes) is 50. The highest BCUT2D eigenvalue weighted by molar-refractivity contribution is 5.93. The zero-order chi connectivity index (χ0) is 47.0. The van der Waals surface area contributed by atoms with Gasteiger partial charge in [0, 0.05) is 5.57 Å². The van der Waals surface area contributed by atoms with Crippen LogP contribution in [-0.4, -0.2) is 25.2 Å². The molecule has 0 N–H and O–H groups in total. The number of carbonyl (C=O) groups is 2. The topological polar surface area (TPSA) is 52.6 Å². The van der Waals surface area contributed by atoms with E-state index in [9.17, 15) is 9.59 Å². The van der Waals surface area contributed by atoms with Crippen LogP contribution in [0.1, 0.15) is 354 Å². The van der Waals surface area contributed by atoms with Crippen molar-refractivity contribution in [3.8, 4) is 0 Å². The molecule has 0 unspecified atom stereocenters. The number of carbonyl (C=O) groups excluding carboxylic acids is 2. The second kappa shape index (κ2) is 57.0. The van der Waals surface area contributed by atoms with Crippen molar-refractivity contribution in [3.63, 3.8) is 0 Å². The molecule has 4 heteroatoms. The number of hydrogen-bond donors (Lipinski definition) is 0. The third-order valence-electron chi connectivity index (χ3n) is 14.1. The van der Waals surface area contributed by atoms with Crippen LogP contribution in [0, 0.1) is 0 Å². The van der Waals surface area contributed by atoms with E-state index < -0.39 is 5.97 Å². The lowest BCUT2D eigenvalue weighted by Crippen LogP contribution is -2.14. The molecule has 0 heterocycles. The zero-order valence-corrected chi connectivity index (χ0v) is 44.7. The first-order valence-electron chi connectivity index (χ1n) is 30.1. The summed E-state index contributed by atoms with van der Waals surface area (Å²) in [6, 6.07) is 0. The standard InChI is InChI=1S/C61H118O4/c1-4-6-8-10-12-14-16-18-20-22-24-26-28-30-32-34-36-38-40-42-44-46-48-50-52-54-56-64-60(62)58-59(3)61(63)65-57-55-53-51-49-47-45-43-41-39-37-35-33-31-29-27-25-23-21-19-17-15-13-11-9-7-5-2/h3-58H2,1-2H3. The highest BCUT2D eigenvalue weighted by Gasteiger charge is 2.14. The molecule has 0 atom stereocenters. The van der Waals surface area contributed by atoms with Crippen LogP contribution in [0.3, 0.4) is 0 Å². The Morgan fingerprint density at radius 1 is 0.262 bits per heavy atom. The smallest absolute Gasteiger partial charge is 0.333 e. The summed E-state index contributed by atoms with van der Waals surface area (Å²) < 4.78 is 10.7. The first kappa shape index (κ1) is 63.7. The van der Waals surface area contributed by atoms with E-state index in [0.717, 1.165) is 25.7 Å². The highest BCUT2D eigenvalue weighted by atomic mass is 16.5. The molecular weight excluding hydrogens is 797 g/mol. The van der Waals surface area contributed by atoms with Gasteiger partial charge in [0.05, 0.1) is 19.6 Å². The molecular formula is C61H118O4. The summed E-state index contributed by atoms with van der Waals surface area (Å²) in [6.07, 6.45) is 71.7. The molecule has 0 aromatic rings. The summed E-state index contributed by atoms with van der Waals surface area (Å²) >= 11 is 0. The molecule has 0 rings (SSSR count). The van der Waals surface area contributed by atoms with Crippen molar-refractivity contribution in [1.82, 2.24) is 0 Å². The van der Waals surface area contributed by atoms with Crippen LogP contribution in [0.5, 0.6) is 0 Å². The highest BCUT2D eigenvalue weighted by Crippen LogP contribution is 2.19. The Morgan fingerprint density at radius 3 is 0.631 bits per heavy atom. The number of ether oxygens (including phenoxy) is 2. The maximum absolute atomic E-state index is 12.3. The number of hydrogen-bond acceptors (Lipinski definition) is 4. The summed E-state index contributed by atoms with van der Waals surface area (Å²) in [5, 5.41) is 0. The average molecular weight is 916 g/mol. The van der Waals surface area contributed by atoms with E-state index in [1.165, 1.54) is 308 Å². The Hall–Kier alpha value is -1.32. The van der Waals surface area contributed by atoms with E-state index in [-0.39, 0.29) is 18.0 Å². The molecule has 0 saturated carbocycles. The van der Waals surface area contributed by atoms with E-state index in [0.29, 0.717) is 13.2 Å². The first-order valence-corrected chi connectivity index (χ1v) is 30.1. The van der Waals surface area contributed by atoms with Crippen LogP contribution in [-0.2, 0) is 19.1 Å². The van der Waals surface area contributed by atoms with Gasteiger partial charge in [0.15, 0.2) is 0 Å². The Morgan fingerprint density at radius 2 is 0.431 bits per heavy atom.